The fourth-order valence-electron chi connectivity index (χ4n) is 1.41. The highest BCUT2D eigenvalue weighted by atomic mass is 16.4. The molecule has 100 valence electrons. The number of anilines is 1. The number of urea groups is 1. The first-order chi connectivity index (χ1) is 8.20. The maximum Gasteiger partial charge on any atom is 0.326 e. The van der Waals surface area contributed by atoms with Crippen LogP contribution < -0.4 is 10.6 Å². The van der Waals surface area contributed by atoms with Crippen molar-refractivity contribution in [2.75, 3.05) is 5.32 Å². The van der Waals surface area contributed by atoms with Gasteiger partial charge in [0.15, 0.2) is 5.82 Å². The monoisotopic (exact) mass is 254 g/mol. The van der Waals surface area contributed by atoms with Crippen molar-refractivity contribution in [2.24, 2.45) is 12.5 Å². The fourth-order valence-corrected chi connectivity index (χ4v) is 1.41. The number of carboxylic acid groups (broad SMARTS) is 1. The summed E-state index contributed by atoms with van der Waals surface area (Å²) in [7, 11) is 1.72. The number of amides is 2. The van der Waals surface area contributed by atoms with Crippen LogP contribution in [0.1, 0.15) is 20.8 Å². The highest BCUT2D eigenvalue weighted by Gasteiger charge is 2.32. The van der Waals surface area contributed by atoms with Crippen LogP contribution >= 0.6 is 0 Å². The number of nitrogens with zero attached hydrogens (tertiary/aromatic N) is 2. The van der Waals surface area contributed by atoms with Crippen LogP contribution in [-0.4, -0.2) is 32.9 Å². The number of aromatic nitrogens is 2. The molecule has 3 N–H and O–H groups in total. The van der Waals surface area contributed by atoms with E-state index in [0.29, 0.717) is 5.82 Å². The van der Waals surface area contributed by atoms with Crippen LogP contribution in [0.3, 0.4) is 0 Å². The Kier molecular flexibility index (Phi) is 3.95. The molecule has 0 radical (unpaired) electrons. The summed E-state index contributed by atoms with van der Waals surface area (Å²) in [4.78, 5) is 22.7. The van der Waals surface area contributed by atoms with E-state index in [1.165, 1.54) is 4.68 Å². The Morgan fingerprint density at radius 3 is 2.44 bits per heavy atom. The molecule has 0 saturated carbocycles. The topological polar surface area (TPSA) is 96.2 Å². The SMILES string of the molecule is Cn1ccc(NC(=O)N[C@@H](C(=O)O)C(C)(C)C)n1. The van der Waals surface area contributed by atoms with Gasteiger partial charge in [-0.2, -0.15) is 5.10 Å². The van der Waals surface area contributed by atoms with Gasteiger partial charge in [-0.15, -0.1) is 0 Å². The minimum absolute atomic E-state index is 0.369. The number of hydrogen-bond acceptors (Lipinski definition) is 3. The molecule has 1 aromatic rings. The number of carbonyl (C=O) groups is 2. The molecule has 0 bridgehead atoms. The van der Waals surface area contributed by atoms with Gasteiger partial charge in [0.2, 0.25) is 0 Å². The average molecular weight is 254 g/mol. The smallest absolute Gasteiger partial charge is 0.326 e. The molecular formula is C11H18N4O3. The normalized spacial score (nSPS) is 12.9. The zero-order valence-corrected chi connectivity index (χ0v) is 10.9. The second-order valence-corrected chi connectivity index (χ2v) is 5.11. The van der Waals surface area contributed by atoms with E-state index in [4.69, 9.17) is 5.11 Å². The van der Waals surface area contributed by atoms with Crippen molar-refractivity contribution in [2.45, 2.75) is 26.8 Å². The Morgan fingerprint density at radius 1 is 1.44 bits per heavy atom. The van der Waals surface area contributed by atoms with E-state index in [9.17, 15) is 9.59 Å². The number of hydrogen-bond donors (Lipinski definition) is 3. The van der Waals surface area contributed by atoms with E-state index in [1.807, 2.05) is 0 Å². The lowest BCUT2D eigenvalue weighted by Crippen LogP contribution is -2.50. The fraction of sp³-hybridized carbons (Fsp3) is 0.545. The van der Waals surface area contributed by atoms with Crippen LogP contribution in [0, 0.1) is 5.41 Å². The van der Waals surface area contributed by atoms with Gasteiger partial charge in [0, 0.05) is 19.3 Å². The van der Waals surface area contributed by atoms with Crippen LogP contribution in [0.2, 0.25) is 0 Å². The van der Waals surface area contributed by atoms with Gasteiger partial charge in [0.25, 0.3) is 0 Å². The van der Waals surface area contributed by atoms with E-state index < -0.39 is 23.5 Å². The second-order valence-electron chi connectivity index (χ2n) is 5.11. The Labute approximate surface area is 105 Å². The first kappa shape index (κ1) is 14.0. The lowest BCUT2D eigenvalue weighted by atomic mass is 9.87. The maximum absolute atomic E-state index is 11.6. The molecule has 1 heterocycles. The Bertz CT molecular complexity index is 447. The first-order valence-corrected chi connectivity index (χ1v) is 5.50. The number of aryl methyl sites for hydroxylation is 1. The van der Waals surface area contributed by atoms with Crippen molar-refractivity contribution < 1.29 is 14.7 Å². The van der Waals surface area contributed by atoms with Crippen molar-refractivity contribution in [1.82, 2.24) is 15.1 Å². The molecule has 0 aromatic carbocycles. The lowest BCUT2D eigenvalue weighted by Gasteiger charge is -2.27. The molecule has 7 heteroatoms. The molecule has 1 atom stereocenters. The predicted molar refractivity (Wildman–Crippen MR) is 66.2 cm³/mol. The molecule has 0 fully saturated rings. The van der Waals surface area contributed by atoms with Crippen molar-refractivity contribution in [1.29, 1.82) is 0 Å². The molecule has 1 aromatic heterocycles. The summed E-state index contributed by atoms with van der Waals surface area (Å²) in [6.07, 6.45) is 1.67. The Balaban J connectivity index is 2.65. The van der Waals surface area contributed by atoms with Crippen molar-refractivity contribution in [3.8, 4) is 0 Å². The quantitative estimate of drug-likeness (QED) is 0.751. The third kappa shape index (κ3) is 3.76. The molecule has 0 unspecified atom stereocenters. The van der Waals surface area contributed by atoms with E-state index in [2.05, 4.69) is 15.7 Å². The zero-order chi connectivity index (χ0) is 13.9. The van der Waals surface area contributed by atoms with Crippen LogP contribution in [0.25, 0.3) is 0 Å². The van der Waals surface area contributed by atoms with Crippen LogP contribution in [0.5, 0.6) is 0 Å². The van der Waals surface area contributed by atoms with Gasteiger partial charge in [0.05, 0.1) is 0 Å². The molecule has 7 nitrogen and oxygen atoms in total. The summed E-state index contributed by atoms with van der Waals surface area (Å²) in [6, 6.07) is 0.0594. The largest absolute Gasteiger partial charge is 0.480 e. The summed E-state index contributed by atoms with van der Waals surface area (Å²) in [5.74, 6) is -0.702. The first-order valence-electron chi connectivity index (χ1n) is 5.50. The molecule has 0 spiro atoms. The maximum atomic E-state index is 11.6. The van der Waals surface area contributed by atoms with E-state index in [0.717, 1.165) is 0 Å². The van der Waals surface area contributed by atoms with Crippen LogP contribution in [0.15, 0.2) is 12.3 Å². The highest BCUT2D eigenvalue weighted by molar-refractivity contribution is 5.91. The zero-order valence-electron chi connectivity index (χ0n) is 10.9. The summed E-state index contributed by atoms with van der Waals surface area (Å²) in [5.41, 5.74) is -0.576. The van der Waals surface area contributed by atoms with Crippen molar-refractivity contribution in [3.05, 3.63) is 12.3 Å². The molecule has 1 rings (SSSR count). The molecular weight excluding hydrogens is 236 g/mol. The summed E-state index contributed by atoms with van der Waals surface area (Å²) in [6.45, 7) is 5.23. The Morgan fingerprint density at radius 2 is 2.06 bits per heavy atom. The summed E-state index contributed by atoms with van der Waals surface area (Å²) >= 11 is 0. The van der Waals surface area contributed by atoms with Gasteiger partial charge in [-0.1, -0.05) is 20.8 Å². The van der Waals surface area contributed by atoms with Gasteiger partial charge in [-0.05, 0) is 5.41 Å². The molecule has 0 aliphatic carbocycles. The highest BCUT2D eigenvalue weighted by Crippen LogP contribution is 2.19. The Hall–Kier alpha value is -2.05. The van der Waals surface area contributed by atoms with Crippen LogP contribution in [0.4, 0.5) is 10.6 Å². The number of aliphatic carboxylic acids is 1. The summed E-state index contributed by atoms with van der Waals surface area (Å²) in [5, 5.41) is 17.9. The number of rotatable bonds is 3. The van der Waals surface area contributed by atoms with Gasteiger partial charge >= 0.3 is 12.0 Å². The second kappa shape index (κ2) is 5.07. The minimum Gasteiger partial charge on any atom is -0.480 e. The van der Waals surface area contributed by atoms with Gasteiger partial charge in [0.1, 0.15) is 6.04 Å². The lowest BCUT2D eigenvalue weighted by molar-refractivity contribution is -0.141. The molecule has 0 saturated heterocycles. The molecule has 0 aliphatic rings. The van der Waals surface area contributed by atoms with Gasteiger partial charge in [-0.25, -0.2) is 9.59 Å². The number of nitrogens with one attached hydrogen (secondary N) is 2. The third-order valence-corrected chi connectivity index (χ3v) is 2.34. The molecule has 0 aliphatic heterocycles. The number of carbonyl (C=O) groups excluding carboxylic acids is 1. The van der Waals surface area contributed by atoms with Gasteiger partial charge in [-0.3, -0.25) is 10.00 Å². The standard InChI is InChI=1S/C11H18N4O3/c1-11(2,3)8(9(16)17)13-10(18)12-7-5-6-15(4)14-7/h5-6,8H,1-4H3,(H,16,17)(H2,12,13,14,18)/t8-/m0/s1. The minimum atomic E-state index is -1.07. The molecule has 18 heavy (non-hydrogen) atoms. The summed E-state index contributed by atoms with van der Waals surface area (Å²) < 4.78 is 1.54. The average Bonchev–Trinajstić information content (AvgIpc) is 2.58. The van der Waals surface area contributed by atoms with Gasteiger partial charge < -0.3 is 10.4 Å². The predicted octanol–water partition coefficient (Wildman–Crippen LogP) is 1.04. The van der Waals surface area contributed by atoms with Crippen LogP contribution in [-0.2, 0) is 11.8 Å². The van der Waals surface area contributed by atoms with E-state index >= 15 is 0 Å². The van der Waals surface area contributed by atoms with Crippen molar-refractivity contribution in [3.63, 3.8) is 0 Å². The van der Waals surface area contributed by atoms with E-state index in [-0.39, 0.29) is 0 Å². The molecule has 2 amide bonds. The number of carboxylic acids is 1. The van der Waals surface area contributed by atoms with E-state index in [1.54, 1.807) is 40.1 Å². The third-order valence-electron chi connectivity index (χ3n) is 2.34. The van der Waals surface area contributed by atoms with Crippen molar-refractivity contribution >= 4 is 17.8 Å².